The SMILES string of the molecule is C=CC(=O)NCC(C)C.O=S(=O)(O)O. The van der Waals surface area contributed by atoms with Gasteiger partial charge in [-0.1, -0.05) is 20.4 Å². The van der Waals surface area contributed by atoms with E-state index in [1.54, 1.807) is 0 Å². The van der Waals surface area contributed by atoms with Gasteiger partial charge in [0.05, 0.1) is 0 Å². The molecule has 0 aliphatic carbocycles. The van der Waals surface area contributed by atoms with Crippen molar-refractivity contribution >= 4 is 16.3 Å². The minimum atomic E-state index is -4.67. The molecule has 0 spiro atoms. The van der Waals surface area contributed by atoms with E-state index in [2.05, 4.69) is 11.9 Å². The van der Waals surface area contributed by atoms with E-state index in [1.165, 1.54) is 6.08 Å². The Hall–Kier alpha value is -0.920. The van der Waals surface area contributed by atoms with E-state index < -0.39 is 10.4 Å². The minimum absolute atomic E-state index is 0.0938. The van der Waals surface area contributed by atoms with Crippen LogP contribution < -0.4 is 5.32 Å². The number of amides is 1. The van der Waals surface area contributed by atoms with Crippen molar-refractivity contribution in [1.29, 1.82) is 0 Å². The van der Waals surface area contributed by atoms with Crippen LogP contribution in [0.15, 0.2) is 12.7 Å². The van der Waals surface area contributed by atoms with E-state index in [0.29, 0.717) is 5.92 Å². The molecule has 0 aromatic carbocycles. The molecule has 14 heavy (non-hydrogen) atoms. The molecule has 0 rings (SSSR count). The second-order valence-corrected chi connectivity index (χ2v) is 3.69. The minimum Gasteiger partial charge on any atom is -0.352 e. The van der Waals surface area contributed by atoms with Gasteiger partial charge in [-0.15, -0.1) is 0 Å². The summed E-state index contributed by atoms with van der Waals surface area (Å²) in [5, 5.41) is 2.67. The molecule has 7 heteroatoms. The molecule has 0 heterocycles. The van der Waals surface area contributed by atoms with Crippen LogP contribution in [0.25, 0.3) is 0 Å². The van der Waals surface area contributed by atoms with Gasteiger partial charge < -0.3 is 5.32 Å². The summed E-state index contributed by atoms with van der Waals surface area (Å²) < 4.78 is 31.6. The summed E-state index contributed by atoms with van der Waals surface area (Å²) in [4.78, 5) is 10.5. The zero-order chi connectivity index (χ0) is 11.8. The van der Waals surface area contributed by atoms with Crippen molar-refractivity contribution in [3.63, 3.8) is 0 Å². The number of carbonyl (C=O) groups excluding carboxylic acids is 1. The smallest absolute Gasteiger partial charge is 0.352 e. The number of hydrogen-bond donors (Lipinski definition) is 3. The van der Waals surface area contributed by atoms with Crippen LogP contribution in [0.4, 0.5) is 0 Å². The Morgan fingerprint density at radius 1 is 1.50 bits per heavy atom. The lowest BCUT2D eigenvalue weighted by atomic mass is 10.2. The lowest BCUT2D eigenvalue weighted by Gasteiger charge is -2.03. The van der Waals surface area contributed by atoms with Gasteiger partial charge in [0.1, 0.15) is 0 Å². The third-order valence-electron chi connectivity index (χ3n) is 0.870. The van der Waals surface area contributed by atoms with Crippen molar-refractivity contribution in [2.75, 3.05) is 6.54 Å². The number of rotatable bonds is 3. The largest absolute Gasteiger partial charge is 0.394 e. The molecular weight excluding hydrogens is 210 g/mol. The van der Waals surface area contributed by atoms with Crippen LogP contribution in [0, 0.1) is 5.92 Å². The summed E-state index contributed by atoms with van der Waals surface area (Å²) >= 11 is 0. The topological polar surface area (TPSA) is 104 Å². The van der Waals surface area contributed by atoms with Crippen LogP contribution in [-0.2, 0) is 15.2 Å². The highest BCUT2D eigenvalue weighted by molar-refractivity contribution is 7.79. The van der Waals surface area contributed by atoms with Crippen LogP contribution in [0.5, 0.6) is 0 Å². The molecule has 84 valence electrons. The monoisotopic (exact) mass is 225 g/mol. The summed E-state index contributed by atoms with van der Waals surface area (Å²) in [6, 6.07) is 0. The van der Waals surface area contributed by atoms with Crippen LogP contribution in [0.3, 0.4) is 0 Å². The van der Waals surface area contributed by atoms with Gasteiger partial charge in [-0.05, 0) is 12.0 Å². The van der Waals surface area contributed by atoms with Gasteiger partial charge in [0.15, 0.2) is 0 Å². The maximum absolute atomic E-state index is 10.5. The Bertz CT molecular complexity index is 262. The molecule has 0 radical (unpaired) electrons. The molecule has 3 N–H and O–H groups in total. The van der Waals surface area contributed by atoms with Crippen LogP contribution >= 0.6 is 0 Å². The molecule has 0 saturated carbocycles. The average Bonchev–Trinajstić information content (AvgIpc) is 1.96. The van der Waals surface area contributed by atoms with E-state index >= 15 is 0 Å². The van der Waals surface area contributed by atoms with Gasteiger partial charge in [-0.2, -0.15) is 8.42 Å². The van der Waals surface area contributed by atoms with E-state index in [1.807, 2.05) is 13.8 Å². The Morgan fingerprint density at radius 2 is 1.86 bits per heavy atom. The first-order valence-electron chi connectivity index (χ1n) is 3.77. The van der Waals surface area contributed by atoms with E-state index in [9.17, 15) is 4.79 Å². The van der Waals surface area contributed by atoms with Gasteiger partial charge in [0.2, 0.25) is 5.91 Å². The zero-order valence-corrected chi connectivity index (χ0v) is 8.91. The van der Waals surface area contributed by atoms with Crippen molar-refractivity contribution < 1.29 is 22.3 Å². The lowest BCUT2D eigenvalue weighted by molar-refractivity contribution is -0.116. The molecule has 0 unspecified atom stereocenters. The van der Waals surface area contributed by atoms with Gasteiger partial charge >= 0.3 is 10.4 Å². The molecule has 0 aliphatic rings. The van der Waals surface area contributed by atoms with Crippen molar-refractivity contribution in [2.45, 2.75) is 13.8 Å². The molecular formula is C7H15NO5S. The number of hydrogen-bond acceptors (Lipinski definition) is 3. The summed E-state index contributed by atoms with van der Waals surface area (Å²) in [5.74, 6) is 0.414. The Morgan fingerprint density at radius 3 is 2.07 bits per heavy atom. The molecule has 6 nitrogen and oxygen atoms in total. The van der Waals surface area contributed by atoms with Crippen molar-refractivity contribution in [3.8, 4) is 0 Å². The van der Waals surface area contributed by atoms with E-state index in [4.69, 9.17) is 17.5 Å². The quantitative estimate of drug-likeness (QED) is 0.473. The van der Waals surface area contributed by atoms with Crippen molar-refractivity contribution in [2.24, 2.45) is 5.92 Å². The molecule has 0 fully saturated rings. The van der Waals surface area contributed by atoms with E-state index in [0.717, 1.165) is 6.54 Å². The predicted octanol–water partition coefficient (Wildman–Crippen LogP) is 0.292. The molecule has 0 bridgehead atoms. The summed E-state index contributed by atoms with van der Waals surface area (Å²) in [6.45, 7) is 8.14. The first kappa shape index (κ1) is 15.5. The van der Waals surface area contributed by atoms with Crippen molar-refractivity contribution in [1.82, 2.24) is 5.32 Å². The maximum atomic E-state index is 10.5. The van der Waals surface area contributed by atoms with Gasteiger partial charge in [-0.3, -0.25) is 13.9 Å². The fourth-order valence-electron chi connectivity index (χ4n) is 0.377. The van der Waals surface area contributed by atoms with Gasteiger partial charge in [0, 0.05) is 6.54 Å². The molecule has 0 saturated heterocycles. The molecule has 0 aromatic heterocycles. The Balaban J connectivity index is 0. The summed E-state index contributed by atoms with van der Waals surface area (Å²) in [5.41, 5.74) is 0. The van der Waals surface area contributed by atoms with Gasteiger partial charge in [0.25, 0.3) is 0 Å². The van der Waals surface area contributed by atoms with Gasteiger partial charge in [-0.25, -0.2) is 0 Å². The summed E-state index contributed by atoms with van der Waals surface area (Å²) in [7, 11) is -4.67. The Kier molecular flexibility index (Phi) is 8.31. The Labute approximate surface area is 83.6 Å². The zero-order valence-electron chi connectivity index (χ0n) is 8.10. The highest BCUT2D eigenvalue weighted by Crippen LogP contribution is 1.86. The second kappa shape index (κ2) is 7.48. The molecule has 0 atom stereocenters. The highest BCUT2D eigenvalue weighted by Gasteiger charge is 1.94. The first-order chi connectivity index (χ1) is 6.16. The maximum Gasteiger partial charge on any atom is 0.394 e. The fourth-order valence-corrected chi connectivity index (χ4v) is 0.377. The molecule has 1 amide bonds. The number of carbonyl (C=O) groups is 1. The third kappa shape index (κ3) is 30.5. The second-order valence-electron chi connectivity index (χ2n) is 2.79. The lowest BCUT2D eigenvalue weighted by Crippen LogP contribution is -2.24. The average molecular weight is 225 g/mol. The third-order valence-corrected chi connectivity index (χ3v) is 0.870. The molecule has 0 aromatic rings. The van der Waals surface area contributed by atoms with Crippen molar-refractivity contribution in [3.05, 3.63) is 12.7 Å². The highest BCUT2D eigenvalue weighted by atomic mass is 32.3. The summed E-state index contributed by atoms with van der Waals surface area (Å²) in [6.07, 6.45) is 1.28. The molecule has 0 aliphatic heterocycles. The fraction of sp³-hybridized carbons (Fsp3) is 0.571. The normalized spacial score (nSPS) is 10.1. The van der Waals surface area contributed by atoms with Crippen LogP contribution in [0.1, 0.15) is 13.8 Å². The first-order valence-corrected chi connectivity index (χ1v) is 5.16. The standard InChI is InChI=1S/C7H13NO.H2O4S/c1-4-7(9)8-5-6(2)3;1-5(2,3)4/h4,6H,1,5H2,2-3H3,(H,8,9);(H2,1,2,3,4). The predicted molar refractivity (Wildman–Crippen MR) is 52.2 cm³/mol. The van der Waals surface area contributed by atoms with Crippen LogP contribution in [0.2, 0.25) is 0 Å². The number of nitrogens with one attached hydrogen (secondary N) is 1. The van der Waals surface area contributed by atoms with E-state index in [-0.39, 0.29) is 5.91 Å². The van der Waals surface area contributed by atoms with Crippen LogP contribution in [-0.4, -0.2) is 30.0 Å².